The van der Waals surface area contributed by atoms with Gasteiger partial charge in [-0.15, -0.1) is 0 Å². The van der Waals surface area contributed by atoms with Gasteiger partial charge in [0.05, 0.1) is 0 Å². The Balaban J connectivity index is 1.75. The van der Waals surface area contributed by atoms with Crippen LogP contribution in [0.2, 0.25) is 0 Å². The second-order valence-corrected chi connectivity index (χ2v) is 5.54. The van der Waals surface area contributed by atoms with Crippen LogP contribution in [-0.2, 0) is 6.42 Å². The summed E-state index contributed by atoms with van der Waals surface area (Å²) in [6.45, 7) is 2.23. The van der Waals surface area contributed by atoms with Crippen LogP contribution in [0, 0.1) is 0 Å². The molecule has 0 radical (unpaired) electrons. The molecule has 6 nitrogen and oxygen atoms in total. The van der Waals surface area contributed by atoms with E-state index in [9.17, 15) is 9.59 Å². The lowest BCUT2D eigenvalue weighted by molar-refractivity contribution is 0.573. The van der Waals surface area contributed by atoms with E-state index in [0.717, 1.165) is 18.7 Å². The maximum Gasteiger partial charge on any atom is 0.327 e. The van der Waals surface area contributed by atoms with Crippen LogP contribution >= 0.6 is 0 Å². The number of aromatic amines is 3. The second-order valence-electron chi connectivity index (χ2n) is 5.54. The first-order valence-corrected chi connectivity index (χ1v) is 7.92. The Morgan fingerprint density at radius 3 is 2.24 bits per heavy atom. The zero-order chi connectivity index (χ0) is 15.1. The van der Waals surface area contributed by atoms with Gasteiger partial charge in [-0.1, -0.05) is 51.9 Å². The van der Waals surface area contributed by atoms with Gasteiger partial charge in [-0.05, 0) is 6.42 Å². The Bertz CT molecular complexity index is 668. The minimum Gasteiger partial charge on any atom is -0.336 e. The molecule has 0 unspecified atom stereocenters. The van der Waals surface area contributed by atoms with Gasteiger partial charge < -0.3 is 4.98 Å². The molecule has 21 heavy (non-hydrogen) atoms. The summed E-state index contributed by atoms with van der Waals surface area (Å²) in [5, 5.41) is 0. The van der Waals surface area contributed by atoms with Crippen LogP contribution in [-0.4, -0.2) is 19.9 Å². The zero-order valence-corrected chi connectivity index (χ0v) is 12.6. The molecular formula is C15H24N4O2. The maximum atomic E-state index is 11.6. The largest absolute Gasteiger partial charge is 0.336 e. The van der Waals surface area contributed by atoms with E-state index in [1.54, 1.807) is 0 Å². The van der Waals surface area contributed by atoms with E-state index in [0.29, 0.717) is 11.2 Å². The molecule has 6 heteroatoms. The fourth-order valence-corrected chi connectivity index (χ4v) is 2.53. The van der Waals surface area contributed by atoms with Crippen molar-refractivity contribution in [2.45, 2.75) is 64.7 Å². The maximum absolute atomic E-state index is 11.6. The molecule has 0 saturated carbocycles. The molecule has 116 valence electrons. The van der Waals surface area contributed by atoms with Crippen LogP contribution in [0.15, 0.2) is 9.59 Å². The SMILES string of the molecule is CCCCCCCCCCc1nc2[nH]c(=O)[nH]c(=O)c2[nH]1. The van der Waals surface area contributed by atoms with Crippen molar-refractivity contribution in [2.75, 3.05) is 0 Å². The molecule has 0 amide bonds. The fourth-order valence-electron chi connectivity index (χ4n) is 2.53. The smallest absolute Gasteiger partial charge is 0.327 e. The molecule has 0 bridgehead atoms. The molecular weight excluding hydrogens is 268 g/mol. The summed E-state index contributed by atoms with van der Waals surface area (Å²) >= 11 is 0. The summed E-state index contributed by atoms with van der Waals surface area (Å²) in [4.78, 5) is 34.7. The summed E-state index contributed by atoms with van der Waals surface area (Å²) in [6.07, 6.45) is 10.9. The number of imidazole rings is 1. The Morgan fingerprint density at radius 2 is 1.52 bits per heavy atom. The standard InChI is InChI=1S/C15H24N4O2/c1-2-3-4-5-6-7-8-9-10-11-16-12-13(17-11)18-15(21)19-14(12)20/h2-10H2,1H3,(H3,16,17,18,19,20,21). The number of rotatable bonds is 9. The third-order valence-electron chi connectivity index (χ3n) is 3.71. The minimum atomic E-state index is -0.516. The molecule has 0 fully saturated rings. The van der Waals surface area contributed by atoms with Crippen molar-refractivity contribution in [2.24, 2.45) is 0 Å². The van der Waals surface area contributed by atoms with Crippen molar-refractivity contribution >= 4 is 11.2 Å². The van der Waals surface area contributed by atoms with Crippen molar-refractivity contribution in [1.29, 1.82) is 0 Å². The predicted octanol–water partition coefficient (Wildman–Crippen LogP) is 2.62. The monoisotopic (exact) mass is 292 g/mol. The van der Waals surface area contributed by atoms with Crippen LogP contribution in [0.4, 0.5) is 0 Å². The summed E-state index contributed by atoms with van der Waals surface area (Å²) in [7, 11) is 0. The number of aryl methyl sites for hydroxylation is 1. The summed E-state index contributed by atoms with van der Waals surface area (Å²) in [5.74, 6) is 0.767. The first kappa shape index (κ1) is 15.5. The average molecular weight is 292 g/mol. The highest BCUT2D eigenvalue weighted by atomic mass is 16.2. The van der Waals surface area contributed by atoms with Gasteiger partial charge in [-0.3, -0.25) is 14.8 Å². The Kier molecular flexibility index (Phi) is 5.78. The number of H-pyrrole nitrogens is 3. The number of nitrogens with zero attached hydrogens (tertiary/aromatic N) is 1. The predicted molar refractivity (Wildman–Crippen MR) is 83.6 cm³/mol. The van der Waals surface area contributed by atoms with E-state index in [1.807, 2.05) is 0 Å². The normalized spacial score (nSPS) is 11.3. The molecule has 2 rings (SSSR count). The van der Waals surface area contributed by atoms with Gasteiger partial charge in [0, 0.05) is 6.42 Å². The van der Waals surface area contributed by atoms with Crippen molar-refractivity contribution in [1.82, 2.24) is 19.9 Å². The summed E-state index contributed by atoms with van der Waals surface area (Å²) in [5.41, 5.74) is -0.233. The van der Waals surface area contributed by atoms with Gasteiger partial charge in [0.2, 0.25) is 0 Å². The number of aromatic nitrogens is 4. The van der Waals surface area contributed by atoms with Crippen LogP contribution in [0.1, 0.15) is 64.1 Å². The van der Waals surface area contributed by atoms with Gasteiger partial charge in [0.1, 0.15) is 11.3 Å². The summed E-state index contributed by atoms with van der Waals surface area (Å²) < 4.78 is 0. The second kappa shape index (κ2) is 7.81. The molecule has 0 spiro atoms. The average Bonchev–Trinajstić information content (AvgIpc) is 2.85. The highest BCUT2D eigenvalue weighted by Gasteiger charge is 2.07. The molecule has 0 aliphatic heterocycles. The lowest BCUT2D eigenvalue weighted by atomic mass is 10.1. The van der Waals surface area contributed by atoms with E-state index in [4.69, 9.17) is 0 Å². The van der Waals surface area contributed by atoms with Crippen molar-refractivity contribution in [3.8, 4) is 0 Å². The molecule has 2 aromatic heterocycles. The Morgan fingerprint density at radius 1 is 0.857 bits per heavy atom. The van der Waals surface area contributed by atoms with Crippen LogP contribution < -0.4 is 11.2 Å². The third kappa shape index (κ3) is 4.58. The molecule has 0 saturated heterocycles. The van der Waals surface area contributed by atoms with Gasteiger partial charge >= 0.3 is 5.69 Å². The van der Waals surface area contributed by atoms with Gasteiger partial charge in [0.25, 0.3) is 5.56 Å². The van der Waals surface area contributed by atoms with Gasteiger partial charge in [-0.25, -0.2) is 9.78 Å². The van der Waals surface area contributed by atoms with E-state index < -0.39 is 11.2 Å². The molecule has 2 aromatic rings. The first-order chi connectivity index (χ1) is 10.2. The molecule has 2 heterocycles. The topological polar surface area (TPSA) is 94.4 Å². The highest BCUT2D eigenvalue weighted by molar-refractivity contribution is 5.68. The lowest BCUT2D eigenvalue weighted by Gasteiger charge is -2.00. The molecule has 0 aliphatic rings. The Hall–Kier alpha value is -1.85. The quantitative estimate of drug-likeness (QED) is 0.620. The minimum absolute atomic E-state index is 0.346. The molecule has 0 atom stereocenters. The van der Waals surface area contributed by atoms with Gasteiger partial charge in [-0.2, -0.15) is 0 Å². The van der Waals surface area contributed by atoms with Crippen molar-refractivity contribution in [3.05, 3.63) is 26.7 Å². The lowest BCUT2D eigenvalue weighted by Crippen LogP contribution is -2.21. The van der Waals surface area contributed by atoms with Crippen LogP contribution in [0.5, 0.6) is 0 Å². The fraction of sp³-hybridized carbons (Fsp3) is 0.667. The molecule has 3 N–H and O–H groups in total. The van der Waals surface area contributed by atoms with E-state index in [1.165, 1.54) is 44.9 Å². The number of hydrogen-bond acceptors (Lipinski definition) is 3. The highest BCUT2D eigenvalue weighted by Crippen LogP contribution is 2.11. The van der Waals surface area contributed by atoms with Crippen molar-refractivity contribution < 1.29 is 0 Å². The first-order valence-electron chi connectivity index (χ1n) is 7.92. The Labute approximate surface area is 123 Å². The van der Waals surface area contributed by atoms with Crippen LogP contribution in [0.3, 0.4) is 0 Å². The summed E-state index contributed by atoms with van der Waals surface area (Å²) in [6, 6.07) is 0. The van der Waals surface area contributed by atoms with Crippen LogP contribution in [0.25, 0.3) is 11.2 Å². The number of unbranched alkanes of at least 4 members (excludes halogenated alkanes) is 7. The number of fused-ring (bicyclic) bond motifs is 1. The third-order valence-corrected chi connectivity index (χ3v) is 3.71. The van der Waals surface area contributed by atoms with Gasteiger partial charge in [0.15, 0.2) is 5.65 Å². The van der Waals surface area contributed by atoms with E-state index in [2.05, 4.69) is 26.9 Å². The number of hydrogen-bond donors (Lipinski definition) is 3. The molecule has 0 aromatic carbocycles. The van der Waals surface area contributed by atoms with E-state index >= 15 is 0 Å². The number of nitrogens with one attached hydrogen (secondary N) is 3. The molecule has 0 aliphatic carbocycles. The van der Waals surface area contributed by atoms with E-state index in [-0.39, 0.29) is 0 Å². The van der Waals surface area contributed by atoms with Crippen molar-refractivity contribution in [3.63, 3.8) is 0 Å². The zero-order valence-electron chi connectivity index (χ0n) is 12.6.